The number of ether oxygens (including phenoxy) is 3. The minimum Gasteiger partial charge on any atom is -0.491 e. The number of likely N-dealkylation sites (tertiary alicyclic amines) is 1. The van der Waals surface area contributed by atoms with Crippen molar-refractivity contribution in [2.45, 2.75) is 57.3 Å². The standard InChI is InChI=1S/C26H31F2NO4/c1-3-31-21-16-24(18-5-8-20(27)9-6-18)33-26(17-21)11-13-29(14-12-26)25(30)19-7-10-23(32-4-2)22(28)15-19/h5-10,15,21,24H,3-4,11-14,16-17H2,1-2H3/t21-,24-/m0/s1. The van der Waals surface area contributed by atoms with Gasteiger partial charge in [-0.15, -0.1) is 0 Å². The van der Waals surface area contributed by atoms with E-state index >= 15 is 0 Å². The Bertz CT molecular complexity index is 957. The third kappa shape index (κ3) is 5.36. The van der Waals surface area contributed by atoms with Crippen molar-refractivity contribution >= 4 is 5.91 Å². The quantitative estimate of drug-likeness (QED) is 0.589. The molecule has 7 heteroatoms. The van der Waals surface area contributed by atoms with Crippen LogP contribution in [-0.4, -0.2) is 48.8 Å². The molecule has 178 valence electrons. The van der Waals surface area contributed by atoms with Gasteiger partial charge in [-0.05, 0) is 62.6 Å². The smallest absolute Gasteiger partial charge is 0.253 e. The van der Waals surface area contributed by atoms with Gasteiger partial charge < -0.3 is 19.1 Å². The molecule has 33 heavy (non-hydrogen) atoms. The van der Waals surface area contributed by atoms with Gasteiger partial charge in [-0.1, -0.05) is 12.1 Å². The minimum atomic E-state index is -0.534. The molecule has 2 saturated heterocycles. The number of nitrogens with zero attached hydrogens (tertiary/aromatic N) is 1. The fraction of sp³-hybridized carbons (Fsp3) is 0.500. The maximum atomic E-state index is 14.2. The first-order valence-corrected chi connectivity index (χ1v) is 11.7. The summed E-state index contributed by atoms with van der Waals surface area (Å²) < 4.78 is 45.5. The van der Waals surface area contributed by atoms with Crippen molar-refractivity contribution in [3.8, 4) is 5.75 Å². The minimum absolute atomic E-state index is 0.0428. The van der Waals surface area contributed by atoms with Gasteiger partial charge in [0.15, 0.2) is 11.6 Å². The maximum absolute atomic E-state index is 14.2. The normalized spacial score (nSPS) is 22.4. The fourth-order valence-electron chi connectivity index (χ4n) is 4.91. The summed E-state index contributed by atoms with van der Waals surface area (Å²) >= 11 is 0. The van der Waals surface area contributed by atoms with Gasteiger partial charge in [0.05, 0.1) is 24.4 Å². The van der Waals surface area contributed by atoms with Gasteiger partial charge in [0.2, 0.25) is 0 Å². The largest absolute Gasteiger partial charge is 0.491 e. The lowest BCUT2D eigenvalue weighted by molar-refractivity contribution is -0.190. The second-order valence-electron chi connectivity index (χ2n) is 8.73. The van der Waals surface area contributed by atoms with E-state index in [2.05, 4.69) is 0 Å². The monoisotopic (exact) mass is 459 g/mol. The number of hydrogen-bond donors (Lipinski definition) is 0. The Hall–Kier alpha value is -2.51. The van der Waals surface area contributed by atoms with E-state index in [9.17, 15) is 13.6 Å². The zero-order valence-corrected chi connectivity index (χ0v) is 19.2. The molecule has 5 nitrogen and oxygen atoms in total. The number of carbonyl (C=O) groups excluding carboxylic acids is 1. The zero-order chi connectivity index (χ0) is 23.4. The van der Waals surface area contributed by atoms with Crippen LogP contribution < -0.4 is 4.74 Å². The SMILES string of the molecule is CCOc1ccc(C(=O)N2CCC3(CC2)C[C@@H](OCC)C[C@@H](c2ccc(F)cc2)O3)cc1F. The molecule has 2 aliphatic rings. The Labute approximate surface area is 193 Å². The first-order chi connectivity index (χ1) is 15.9. The van der Waals surface area contributed by atoms with Crippen LogP contribution in [0.25, 0.3) is 0 Å². The average molecular weight is 460 g/mol. The fourth-order valence-corrected chi connectivity index (χ4v) is 4.91. The van der Waals surface area contributed by atoms with Gasteiger partial charge in [-0.2, -0.15) is 0 Å². The summed E-state index contributed by atoms with van der Waals surface area (Å²) in [5.41, 5.74) is 0.842. The van der Waals surface area contributed by atoms with E-state index in [1.807, 2.05) is 6.92 Å². The molecule has 2 aromatic rings. The molecule has 0 aromatic heterocycles. The number of benzene rings is 2. The van der Waals surface area contributed by atoms with Gasteiger partial charge in [0.1, 0.15) is 5.82 Å². The van der Waals surface area contributed by atoms with Crippen LogP contribution in [0, 0.1) is 11.6 Å². The van der Waals surface area contributed by atoms with E-state index in [0.717, 1.165) is 18.4 Å². The molecule has 0 N–H and O–H groups in total. The summed E-state index contributed by atoms with van der Waals surface area (Å²) in [6, 6.07) is 10.8. The highest BCUT2D eigenvalue weighted by Gasteiger charge is 2.45. The Balaban J connectivity index is 1.45. The molecule has 0 unspecified atom stereocenters. The maximum Gasteiger partial charge on any atom is 0.253 e. The Morgan fingerprint density at radius 1 is 1.09 bits per heavy atom. The molecule has 4 rings (SSSR count). The zero-order valence-electron chi connectivity index (χ0n) is 19.2. The van der Waals surface area contributed by atoms with E-state index in [1.165, 1.54) is 24.3 Å². The van der Waals surface area contributed by atoms with Crippen molar-refractivity contribution in [1.82, 2.24) is 4.90 Å². The summed E-state index contributed by atoms with van der Waals surface area (Å²) in [5.74, 6) is -0.855. The van der Waals surface area contributed by atoms with Crippen LogP contribution in [0.15, 0.2) is 42.5 Å². The second-order valence-corrected chi connectivity index (χ2v) is 8.73. The van der Waals surface area contributed by atoms with E-state index < -0.39 is 11.4 Å². The molecule has 1 spiro atoms. The van der Waals surface area contributed by atoms with Crippen molar-refractivity contribution in [2.75, 3.05) is 26.3 Å². The number of carbonyl (C=O) groups is 1. The number of hydrogen-bond acceptors (Lipinski definition) is 4. The predicted octanol–water partition coefficient (Wildman–Crippen LogP) is 5.30. The third-order valence-electron chi connectivity index (χ3n) is 6.55. The Morgan fingerprint density at radius 3 is 2.45 bits per heavy atom. The van der Waals surface area contributed by atoms with Crippen LogP contribution in [0.2, 0.25) is 0 Å². The summed E-state index contributed by atoms with van der Waals surface area (Å²) in [4.78, 5) is 14.7. The van der Waals surface area contributed by atoms with Gasteiger partial charge in [-0.3, -0.25) is 4.79 Å². The van der Waals surface area contributed by atoms with Crippen LogP contribution in [0.4, 0.5) is 8.78 Å². The van der Waals surface area contributed by atoms with E-state index in [4.69, 9.17) is 14.2 Å². The first kappa shape index (κ1) is 23.6. The highest BCUT2D eigenvalue weighted by atomic mass is 19.1. The summed E-state index contributed by atoms with van der Waals surface area (Å²) in [5, 5.41) is 0. The average Bonchev–Trinajstić information content (AvgIpc) is 2.81. The third-order valence-corrected chi connectivity index (χ3v) is 6.55. The number of rotatable bonds is 6. The molecule has 2 aromatic carbocycles. The van der Waals surface area contributed by atoms with Crippen molar-refractivity contribution in [2.24, 2.45) is 0 Å². The van der Waals surface area contributed by atoms with Crippen LogP contribution in [0.1, 0.15) is 61.6 Å². The highest BCUT2D eigenvalue weighted by molar-refractivity contribution is 5.94. The first-order valence-electron chi connectivity index (χ1n) is 11.7. The van der Waals surface area contributed by atoms with E-state index in [0.29, 0.717) is 44.7 Å². The van der Waals surface area contributed by atoms with Crippen LogP contribution in [0.5, 0.6) is 5.75 Å². The molecule has 1 amide bonds. The van der Waals surface area contributed by atoms with E-state index in [-0.39, 0.29) is 29.7 Å². The topological polar surface area (TPSA) is 48.0 Å². The number of amides is 1. The van der Waals surface area contributed by atoms with Gasteiger partial charge in [-0.25, -0.2) is 8.78 Å². The molecular weight excluding hydrogens is 428 g/mol. The second kappa shape index (κ2) is 10.2. The highest BCUT2D eigenvalue weighted by Crippen LogP contribution is 2.44. The lowest BCUT2D eigenvalue weighted by Gasteiger charge is -2.48. The Kier molecular flexibility index (Phi) is 7.29. The summed E-state index contributed by atoms with van der Waals surface area (Å²) in [6.07, 6.45) is 2.67. The van der Waals surface area contributed by atoms with Crippen molar-refractivity contribution in [3.63, 3.8) is 0 Å². The molecule has 2 aliphatic heterocycles. The van der Waals surface area contributed by atoms with Gasteiger partial charge >= 0.3 is 0 Å². The molecule has 2 fully saturated rings. The Morgan fingerprint density at radius 2 is 1.82 bits per heavy atom. The molecule has 0 aliphatic carbocycles. The summed E-state index contributed by atoms with van der Waals surface area (Å²) in [6.45, 7) is 5.77. The molecule has 0 bridgehead atoms. The molecule has 2 atom stereocenters. The van der Waals surface area contributed by atoms with Crippen LogP contribution >= 0.6 is 0 Å². The van der Waals surface area contributed by atoms with Crippen molar-refractivity contribution < 1.29 is 27.8 Å². The van der Waals surface area contributed by atoms with Gasteiger partial charge in [0, 0.05) is 38.1 Å². The van der Waals surface area contributed by atoms with Crippen molar-refractivity contribution in [1.29, 1.82) is 0 Å². The lowest BCUT2D eigenvalue weighted by Crippen LogP contribution is -2.52. The summed E-state index contributed by atoms with van der Waals surface area (Å²) in [7, 11) is 0. The molecular formula is C26H31F2NO4. The van der Waals surface area contributed by atoms with Crippen LogP contribution in [0.3, 0.4) is 0 Å². The predicted molar refractivity (Wildman–Crippen MR) is 120 cm³/mol. The van der Waals surface area contributed by atoms with Crippen molar-refractivity contribution in [3.05, 3.63) is 65.2 Å². The molecule has 2 heterocycles. The number of piperidine rings is 1. The number of halogens is 2. The van der Waals surface area contributed by atoms with Gasteiger partial charge in [0.25, 0.3) is 5.91 Å². The lowest BCUT2D eigenvalue weighted by atomic mass is 9.80. The van der Waals surface area contributed by atoms with Crippen LogP contribution in [-0.2, 0) is 9.47 Å². The molecule has 0 radical (unpaired) electrons. The van der Waals surface area contributed by atoms with E-state index in [1.54, 1.807) is 30.0 Å². The molecule has 0 saturated carbocycles.